The number of hydrogen-bond acceptors (Lipinski definition) is 2. The summed E-state index contributed by atoms with van der Waals surface area (Å²) in [5.74, 6) is 2.11. The molecule has 0 N–H and O–H groups in total. The molecule has 0 aromatic carbocycles. The van der Waals surface area contributed by atoms with Crippen LogP contribution in [-0.4, -0.2) is 38.6 Å². The van der Waals surface area contributed by atoms with E-state index in [1.54, 1.807) is 12.4 Å². The fourth-order valence-electron chi connectivity index (χ4n) is 0.880. The Balaban J connectivity index is 0. The molecule has 0 amide bonds. The van der Waals surface area contributed by atoms with Crippen LogP contribution < -0.4 is 0 Å². The molecule has 0 radical (unpaired) electrons. The van der Waals surface area contributed by atoms with Crippen molar-refractivity contribution in [2.75, 3.05) is 0 Å². The molecule has 0 fully saturated rings. The van der Waals surface area contributed by atoms with Crippen molar-refractivity contribution in [2.24, 2.45) is 14.1 Å². The van der Waals surface area contributed by atoms with Crippen LogP contribution in [0.3, 0.4) is 0 Å². The number of nitrogens with zero attached hydrogens (tertiary/aromatic N) is 4. The molecule has 0 saturated carbocycles. The van der Waals surface area contributed by atoms with Gasteiger partial charge in [0, 0.05) is 38.9 Å². The minimum atomic E-state index is -11.2. The Hall–Kier alpha value is -0.662. The third-order valence-corrected chi connectivity index (χ3v) is 2.12. The molecule has 0 aliphatic rings. The Morgan fingerprint density at radius 2 is 1.00 bits per heavy atom. The first-order valence-electron chi connectivity index (χ1n) is 5.50. The van der Waals surface area contributed by atoms with E-state index < -0.39 is 19.5 Å². The van der Waals surface area contributed by atoms with Crippen molar-refractivity contribution in [3.8, 4) is 0 Å². The summed E-state index contributed by atoms with van der Waals surface area (Å²) in [5, 5.41) is 0. The molecule has 2 aromatic rings. The van der Waals surface area contributed by atoms with Crippen LogP contribution in [0.25, 0.3) is 0 Å². The monoisotopic (exact) mass is 490 g/mol. The van der Waals surface area contributed by atoms with Crippen LogP contribution in [0.5, 0.6) is 0 Å². The van der Waals surface area contributed by atoms with Crippen LogP contribution in [0.2, 0.25) is 0 Å². The Kier molecular flexibility index (Phi) is 7.80. The van der Waals surface area contributed by atoms with Crippen LogP contribution in [0.15, 0.2) is 24.8 Å². The molecule has 22 heavy (non-hydrogen) atoms. The summed E-state index contributed by atoms with van der Waals surface area (Å²) in [5.41, 5.74) is 0. The molecule has 0 bridgehead atoms. The van der Waals surface area contributed by atoms with Gasteiger partial charge in [0.05, 0.1) is 0 Å². The van der Waals surface area contributed by atoms with E-state index in [9.17, 15) is 16.9 Å². The van der Waals surface area contributed by atoms with Gasteiger partial charge in [0.15, 0.2) is 0 Å². The zero-order valence-corrected chi connectivity index (χ0v) is 15.6. The molecule has 134 valence electrons. The quantitative estimate of drug-likeness (QED) is 0.417. The second kappa shape index (κ2) is 7.27. The predicted molar refractivity (Wildman–Crippen MR) is 68.3 cm³/mol. The van der Waals surface area contributed by atoms with Crippen LogP contribution >= 0.6 is 0 Å². The van der Waals surface area contributed by atoms with Gasteiger partial charge in [0.1, 0.15) is 11.6 Å². The van der Waals surface area contributed by atoms with Crippen molar-refractivity contribution in [1.29, 1.82) is 0 Å². The zero-order chi connectivity index (χ0) is 17.0. The molecule has 2 aromatic heterocycles. The van der Waals surface area contributed by atoms with Gasteiger partial charge >= 0.3 is 53.4 Å². The SMILES string of the molecule is Cc1nccn1C.Cc1nccn1C.[Cu+].[F][Sb-]([F])([F])([F])([F])[F]. The van der Waals surface area contributed by atoms with Gasteiger partial charge in [0.25, 0.3) is 0 Å². The number of aryl methyl sites for hydroxylation is 4. The van der Waals surface area contributed by atoms with Crippen LogP contribution in [-0.2, 0) is 31.2 Å². The molecule has 0 unspecified atom stereocenters. The summed E-state index contributed by atoms with van der Waals surface area (Å²) >= 11 is -11.2. The average molecular weight is 492 g/mol. The molecule has 2 rings (SSSR count). The van der Waals surface area contributed by atoms with Crippen molar-refractivity contribution < 1.29 is 33.9 Å². The Bertz CT molecular complexity index is 494. The molecule has 0 spiro atoms. The van der Waals surface area contributed by atoms with E-state index in [2.05, 4.69) is 9.97 Å². The summed E-state index contributed by atoms with van der Waals surface area (Å²) in [6.07, 6.45) is 7.43. The second-order valence-corrected chi connectivity index (χ2v) is 9.60. The van der Waals surface area contributed by atoms with Crippen LogP contribution in [0, 0.1) is 13.8 Å². The summed E-state index contributed by atoms with van der Waals surface area (Å²) in [4.78, 5) is 7.96. The first-order valence-corrected chi connectivity index (χ1v) is 11.3. The van der Waals surface area contributed by atoms with E-state index >= 15 is 0 Å². The number of rotatable bonds is 0. The van der Waals surface area contributed by atoms with Crippen molar-refractivity contribution >= 4 is 19.5 Å². The molecule has 4 nitrogen and oxygen atoms in total. The van der Waals surface area contributed by atoms with E-state index in [1.807, 2.05) is 49.5 Å². The van der Waals surface area contributed by atoms with Crippen LogP contribution in [0.4, 0.5) is 16.9 Å². The maximum absolute atomic E-state index is 11.2. The van der Waals surface area contributed by atoms with Gasteiger partial charge in [-0.1, -0.05) is 0 Å². The maximum atomic E-state index is 9.93. The van der Waals surface area contributed by atoms with Gasteiger partial charge in [-0.25, -0.2) is 9.97 Å². The van der Waals surface area contributed by atoms with E-state index in [0.29, 0.717) is 0 Å². The van der Waals surface area contributed by atoms with Gasteiger partial charge in [-0.15, -0.1) is 0 Å². The number of hydrogen-bond donors (Lipinski definition) is 0. The average Bonchev–Trinajstić information content (AvgIpc) is 2.75. The fourth-order valence-corrected chi connectivity index (χ4v) is 0.880. The first kappa shape index (κ1) is 23.6. The van der Waals surface area contributed by atoms with Gasteiger partial charge in [-0.2, -0.15) is 0 Å². The molecule has 2 heterocycles. The fraction of sp³-hybridized carbons (Fsp3) is 0.400. The number of aromatic nitrogens is 4. The summed E-state index contributed by atoms with van der Waals surface area (Å²) in [7, 11) is 3.95. The second-order valence-electron chi connectivity index (χ2n) is 4.13. The Labute approximate surface area is 136 Å². The molecule has 0 atom stereocenters. The third-order valence-electron chi connectivity index (χ3n) is 2.12. The topological polar surface area (TPSA) is 35.6 Å². The summed E-state index contributed by atoms with van der Waals surface area (Å²) < 4.78 is 63.5. The van der Waals surface area contributed by atoms with Crippen LogP contribution in [0.1, 0.15) is 11.6 Å². The number of imidazole rings is 2. The number of halogens is 6. The van der Waals surface area contributed by atoms with E-state index in [-0.39, 0.29) is 17.1 Å². The predicted octanol–water partition coefficient (Wildman–Crippen LogP) is 3.59. The Morgan fingerprint density at radius 3 is 1.05 bits per heavy atom. The van der Waals surface area contributed by atoms with Gasteiger partial charge in [-0.3, -0.25) is 0 Å². The summed E-state index contributed by atoms with van der Waals surface area (Å²) in [6, 6.07) is 0. The van der Waals surface area contributed by atoms with Gasteiger partial charge in [0.2, 0.25) is 0 Å². The van der Waals surface area contributed by atoms with Crippen molar-refractivity contribution in [2.45, 2.75) is 13.8 Å². The normalized spacial score (nSPS) is 13.4. The first-order chi connectivity index (χ1) is 9.06. The zero-order valence-electron chi connectivity index (χ0n) is 12.1. The molecule has 12 heteroatoms. The molecule has 0 saturated heterocycles. The Morgan fingerprint density at radius 1 is 0.773 bits per heavy atom. The minimum absolute atomic E-state index is 0. The van der Waals surface area contributed by atoms with E-state index in [0.717, 1.165) is 11.6 Å². The van der Waals surface area contributed by atoms with E-state index in [1.165, 1.54) is 0 Å². The third kappa shape index (κ3) is 17.4. The molecule has 0 aliphatic carbocycles. The molecule has 0 aliphatic heterocycles. The standard InChI is InChI=1S/2C5H8N2.Cu.6FH.Sb/c2*1-5-6-3-4-7(5)2;;;;;;;;/h2*3-4H,1-2H3;;6*1H;/q;;+1;;;;;;;+5/p-6. The van der Waals surface area contributed by atoms with Gasteiger partial charge in [-0.05, 0) is 13.8 Å². The summed E-state index contributed by atoms with van der Waals surface area (Å²) in [6.45, 7) is 3.94. The molecular formula is C10H16CuF6N4Sb. The van der Waals surface area contributed by atoms with Gasteiger partial charge < -0.3 is 9.13 Å². The van der Waals surface area contributed by atoms with Crippen molar-refractivity contribution in [3.63, 3.8) is 0 Å². The van der Waals surface area contributed by atoms with Crippen molar-refractivity contribution in [1.82, 2.24) is 19.1 Å². The van der Waals surface area contributed by atoms with E-state index in [4.69, 9.17) is 0 Å². The van der Waals surface area contributed by atoms with Crippen molar-refractivity contribution in [3.05, 3.63) is 36.4 Å². The molecular weight excluding hydrogens is 475 g/mol.